The van der Waals surface area contributed by atoms with Gasteiger partial charge in [0.15, 0.2) is 0 Å². The Kier molecular flexibility index (Phi) is 2.77. The predicted molar refractivity (Wildman–Crippen MR) is 56.6 cm³/mol. The summed E-state index contributed by atoms with van der Waals surface area (Å²) in [6.45, 7) is 0. The highest BCUT2D eigenvalue weighted by Gasteiger charge is 2.28. The molecule has 0 aliphatic carbocycles. The summed E-state index contributed by atoms with van der Waals surface area (Å²) in [5, 5.41) is 10.7. The molecular formula is C9H11N5O3. The number of nitrogen functional groups attached to an aromatic ring is 1. The maximum atomic E-state index is 11.7. The molecule has 8 heteroatoms. The van der Waals surface area contributed by atoms with Gasteiger partial charge < -0.3 is 11.1 Å². The molecular weight excluding hydrogens is 226 g/mol. The van der Waals surface area contributed by atoms with Gasteiger partial charge in [0.25, 0.3) is 5.91 Å². The number of H-pyrrole nitrogens is 1. The molecule has 0 spiro atoms. The first kappa shape index (κ1) is 11.1. The third-order valence-electron chi connectivity index (χ3n) is 2.44. The number of hydrogen-bond acceptors (Lipinski definition) is 5. The number of carbonyl (C=O) groups is 3. The van der Waals surface area contributed by atoms with E-state index in [4.69, 9.17) is 5.73 Å². The van der Waals surface area contributed by atoms with Gasteiger partial charge in [-0.1, -0.05) is 0 Å². The molecule has 2 rings (SSSR count). The topological polar surface area (TPSA) is 130 Å². The molecule has 5 N–H and O–H groups in total. The summed E-state index contributed by atoms with van der Waals surface area (Å²) in [5.41, 5.74) is 5.80. The number of nitrogens with zero attached hydrogens (tertiary/aromatic N) is 1. The monoisotopic (exact) mass is 237 g/mol. The van der Waals surface area contributed by atoms with Crippen molar-refractivity contribution < 1.29 is 14.4 Å². The van der Waals surface area contributed by atoms with Crippen molar-refractivity contribution in [3.63, 3.8) is 0 Å². The van der Waals surface area contributed by atoms with Crippen molar-refractivity contribution in [3.8, 4) is 0 Å². The van der Waals surface area contributed by atoms with Gasteiger partial charge in [-0.2, -0.15) is 5.10 Å². The number of nitrogens with one attached hydrogen (secondary N) is 3. The molecule has 2 heterocycles. The van der Waals surface area contributed by atoms with Gasteiger partial charge in [0.1, 0.15) is 11.7 Å². The van der Waals surface area contributed by atoms with E-state index in [2.05, 4.69) is 20.8 Å². The van der Waals surface area contributed by atoms with Crippen LogP contribution in [-0.4, -0.2) is 34.0 Å². The Bertz CT molecular complexity index is 481. The second kappa shape index (κ2) is 4.24. The lowest BCUT2D eigenvalue weighted by Gasteiger charge is -2.21. The van der Waals surface area contributed by atoms with E-state index in [0.29, 0.717) is 0 Å². The largest absolute Gasteiger partial charge is 0.396 e. The smallest absolute Gasteiger partial charge is 0.272 e. The highest BCUT2D eigenvalue weighted by molar-refractivity contribution is 6.04. The standard InChI is InChI=1S/C9H11N5O3/c10-4-3-11-14-7(4)9(17)12-5-1-2-6(15)13-8(5)16/h3,5H,1-2,10H2,(H,11,14)(H,12,17)(H,13,15,16). The number of amides is 3. The number of rotatable bonds is 2. The van der Waals surface area contributed by atoms with Crippen LogP contribution in [0.25, 0.3) is 0 Å². The fourth-order valence-electron chi connectivity index (χ4n) is 1.54. The first-order valence-corrected chi connectivity index (χ1v) is 5.01. The molecule has 1 aliphatic rings. The molecule has 1 aromatic heterocycles. The third-order valence-corrected chi connectivity index (χ3v) is 2.44. The van der Waals surface area contributed by atoms with E-state index in [1.54, 1.807) is 0 Å². The number of imide groups is 1. The van der Waals surface area contributed by atoms with Crippen LogP contribution in [0, 0.1) is 0 Å². The summed E-state index contributed by atoms with van der Waals surface area (Å²) < 4.78 is 0. The molecule has 1 aromatic rings. The second-order valence-electron chi connectivity index (χ2n) is 3.68. The molecule has 8 nitrogen and oxygen atoms in total. The summed E-state index contributed by atoms with van der Waals surface area (Å²) >= 11 is 0. The molecule has 3 amide bonds. The minimum Gasteiger partial charge on any atom is -0.396 e. The Morgan fingerprint density at radius 3 is 2.88 bits per heavy atom. The molecule has 1 saturated heterocycles. The number of aromatic nitrogens is 2. The van der Waals surface area contributed by atoms with E-state index >= 15 is 0 Å². The fourth-order valence-corrected chi connectivity index (χ4v) is 1.54. The fraction of sp³-hybridized carbons (Fsp3) is 0.333. The van der Waals surface area contributed by atoms with Gasteiger partial charge in [0, 0.05) is 6.42 Å². The normalized spacial score (nSPS) is 19.9. The summed E-state index contributed by atoms with van der Waals surface area (Å²) in [6, 6.07) is -0.720. The third kappa shape index (κ3) is 2.25. The lowest BCUT2D eigenvalue weighted by atomic mass is 10.1. The quantitative estimate of drug-likeness (QED) is 0.466. The maximum Gasteiger partial charge on any atom is 0.272 e. The van der Waals surface area contributed by atoms with Crippen molar-refractivity contribution in [1.29, 1.82) is 0 Å². The van der Waals surface area contributed by atoms with E-state index in [-0.39, 0.29) is 30.1 Å². The van der Waals surface area contributed by atoms with Gasteiger partial charge in [-0.05, 0) is 6.42 Å². The molecule has 0 saturated carbocycles. The Morgan fingerprint density at radius 1 is 1.53 bits per heavy atom. The average molecular weight is 237 g/mol. The minimum absolute atomic E-state index is 0.106. The summed E-state index contributed by atoms with van der Waals surface area (Å²) in [4.78, 5) is 34.0. The van der Waals surface area contributed by atoms with Gasteiger partial charge in [-0.15, -0.1) is 0 Å². The summed E-state index contributed by atoms with van der Waals surface area (Å²) in [6.07, 6.45) is 1.79. The van der Waals surface area contributed by atoms with Gasteiger partial charge in [-0.25, -0.2) is 0 Å². The van der Waals surface area contributed by atoms with Crippen LogP contribution in [0.5, 0.6) is 0 Å². The highest BCUT2D eigenvalue weighted by atomic mass is 16.2. The summed E-state index contributed by atoms with van der Waals surface area (Å²) in [5.74, 6) is -1.36. The summed E-state index contributed by atoms with van der Waals surface area (Å²) in [7, 11) is 0. The molecule has 17 heavy (non-hydrogen) atoms. The van der Waals surface area contributed by atoms with Crippen molar-refractivity contribution in [2.45, 2.75) is 18.9 Å². The average Bonchev–Trinajstić information content (AvgIpc) is 2.68. The minimum atomic E-state index is -0.720. The zero-order chi connectivity index (χ0) is 12.4. The SMILES string of the molecule is Nc1cn[nH]c1C(=O)NC1CCC(=O)NC1=O. The number of piperidine rings is 1. The Morgan fingerprint density at radius 2 is 2.29 bits per heavy atom. The zero-order valence-electron chi connectivity index (χ0n) is 8.82. The van der Waals surface area contributed by atoms with E-state index < -0.39 is 17.9 Å². The van der Waals surface area contributed by atoms with Crippen LogP contribution in [0.15, 0.2) is 6.20 Å². The van der Waals surface area contributed by atoms with E-state index in [0.717, 1.165) is 0 Å². The van der Waals surface area contributed by atoms with E-state index in [1.165, 1.54) is 6.20 Å². The molecule has 0 bridgehead atoms. The Labute approximate surface area is 95.9 Å². The van der Waals surface area contributed by atoms with Crippen LogP contribution in [0.4, 0.5) is 5.69 Å². The molecule has 1 atom stereocenters. The van der Waals surface area contributed by atoms with E-state index in [1.807, 2.05) is 0 Å². The van der Waals surface area contributed by atoms with Crippen molar-refractivity contribution in [3.05, 3.63) is 11.9 Å². The first-order chi connectivity index (χ1) is 8.08. The van der Waals surface area contributed by atoms with Crippen LogP contribution in [0.2, 0.25) is 0 Å². The van der Waals surface area contributed by atoms with Crippen LogP contribution >= 0.6 is 0 Å². The number of aromatic amines is 1. The van der Waals surface area contributed by atoms with Gasteiger partial charge >= 0.3 is 0 Å². The van der Waals surface area contributed by atoms with Crippen LogP contribution in [0.3, 0.4) is 0 Å². The van der Waals surface area contributed by atoms with Crippen LogP contribution < -0.4 is 16.4 Å². The second-order valence-corrected chi connectivity index (χ2v) is 3.68. The van der Waals surface area contributed by atoms with Crippen LogP contribution in [0.1, 0.15) is 23.3 Å². The molecule has 0 radical (unpaired) electrons. The first-order valence-electron chi connectivity index (χ1n) is 5.01. The lowest BCUT2D eigenvalue weighted by Crippen LogP contribution is -2.52. The Hall–Kier alpha value is -2.38. The number of carbonyl (C=O) groups excluding carboxylic acids is 3. The van der Waals surface area contributed by atoms with Crippen molar-refractivity contribution in [2.75, 3.05) is 5.73 Å². The number of nitrogens with two attached hydrogens (primary N) is 1. The van der Waals surface area contributed by atoms with Gasteiger partial charge in [0.05, 0.1) is 11.9 Å². The van der Waals surface area contributed by atoms with E-state index in [9.17, 15) is 14.4 Å². The highest BCUT2D eigenvalue weighted by Crippen LogP contribution is 2.09. The number of hydrogen-bond donors (Lipinski definition) is 4. The van der Waals surface area contributed by atoms with Crippen molar-refractivity contribution in [2.24, 2.45) is 0 Å². The maximum absolute atomic E-state index is 11.7. The zero-order valence-corrected chi connectivity index (χ0v) is 8.82. The Balaban J connectivity index is 2.02. The van der Waals surface area contributed by atoms with Crippen molar-refractivity contribution in [1.82, 2.24) is 20.8 Å². The lowest BCUT2D eigenvalue weighted by molar-refractivity contribution is -0.134. The van der Waals surface area contributed by atoms with Crippen molar-refractivity contribution >= 4 is 23.4 Å². The molecule has 1 unspecified atom stereocenters. The molecule has 0 aromatic carbocycles. The molecule has 1 aliphatic heterocycles. The predicted octanol–water partition coefficient (Wildman–Crippen LogP) is -1.47. The number of anilines is 1. The van der Waals surface area contributed by atoms with Gasteiger partial charge in [-0.3, -0.25) is 24.8 Å². The molecule has 1 fully saturated rings. The van der Waals surface area contributed by atoms with Gasteiger partial charge in [0.2, 0.25) is 11.8 Å². The molecule has 90 valence electrons. The van der Waals surface area contributed by atoms with Crippen LogP contribution in [-0.2, 0) is 9.59 Å².